The van der Waals surface area contributed by atoms with E-state index in [4.69, 9.17) is 4.74 Å². The molecule has 96 valence electrons. The first-order valence-electron chi connectivity index (χ1n) is 5.25. The average Bonchev–Trinajstić information content (AvgIpc) is 2.28. The third-order valence-electron chi connectivity index (χ3n) is 2.29. The number of rotatable bonds is 6. The fourth-order valence-electron chi connectivity index (χ4n) is 1.28. The lowest BCUT2D eigenvalue weighted by Gasteiger charge is -2.09. The zero-order chi connectivity index (χ0) is 12.9. The van der Waals surface area contributed by atoms with Gasteiger partial charge in [0.25, 0.3) is 0 Å². The van der Waals surface area contributed by atoms with Crippen molar-refractivity contribution in [2.75, 3.05) is 30.5 Å². The molecule has 0 unspecified atom stereocenters. The number of halogens is 1. The molecule has 0 aliphatic heterocycles. The second-order valence-corrected chi connectivity index (χ2v) is 6.93. The van der Waals surface area contributed by atoms with Crippen LogP contribution in [0.4, 0.5) is 5.69 Å². The van der Waals surface area contributed by atoms with Crippen molar-refractivity contribution in [3.8, 4) is 5.75 Å². The first-order valence-corrected chi connectivity index (χ1v) is 7.87. The summed E-state index contributed by atoms with van der Waals surface area (Å²) in [7, 11) is -1.33. The predicted octanol–water partition coefficient (Wildman–Crippen LogP) is 2.30. The van der Waals surface area contributed by atoms with Gasteiger partial charge in [0.15, 0.2) is 9.84 Å². The molecule has 0 saturated carbocycles. The van der Waals surface area contributed by atoms with E-state index in [-0.39, 0.29) is 11.5 Å². The summed E-state index contributed by atoms with van der Waals surface area (Å²) in [5.74, 6) is 1.04. The van der Waals surface area contributed by atoms with Gasteiger partial charge in [-0.3, -0.25) is 0 Å². The van der Waals surface area contributed by atoms with Crippen molar-refractivity contribution in [1.82, 2.24) is 0 Å². The highest BCUT2D eigenvalue weighted by molar-refractivity contribution is 9.10. The third kappa shape index (κ3) is 4.95. The van der Waals surface area contributed by atoms with Crippen molar-refractivity contribution in [2.45, 2.75) is 6.92 Å². The number of anilines is 1. The van der Waals surface area contributed by atoms with Crippen molar-refractivity contribution in [1.29, 1.82) is 0 Å². The van der Waals surface area contributed by atoms with Crippen LogP contribution in [0, 0.1) is 0 Å². The van der Waals surface area contributed by atoms with E-state index in [1.54, 1.807) is 14.0 Å². The monoisotopic (exact) mass is 321 g/mol. The number of nitrogens with one attached hydrogen (secondary N) is 1. The number of hydrogen-bond acceptors (Lipinski definition) is 4. The zero-order valence-corrected chi connectivity index (χ0v) is 12.3. The lowest BCUT2D eigenvalue weighted by atomic mass is 10.3. The average molecular weight is 322 g/mol. The van der Waals surface area contributed by atoms with Crippen LogP contribution in [-0.2, 0) is 9.84 Å². The molecule has 0 aliphatic carbocycles. The molecular formula is C11H16BrNO3S. The zero-order valence-electron chi connectivity index (χ0n) is 9.86. The van der Waals surface area contributed by atoms with Crippen molar-refractivity contribution >= 4 is 31.5 Å². The van der Waals surface area contributed by atoms with Gasteiger partial charge in [-0.1, -0.05) is 22.9 Å². The first-order chi connectivity index (χ1) is 7.96. The molecule has 1 aromatic rings. The Kier molecular flexibility index (Phi) is 5.27. The predicted molar refractivity (Wildman–Crippen MR) is 73.5 cm³/mol. The highest BCUT2D eigenvalue weighted by atomic mass is 79.9. The normalized spacial score (nSPS) is 11.2. The smallest absolute Gasteiger partial charge is 0.151 e. The molecular weight excluding hydrogens is 306 g/mol. The number of hydrogen-bond donors (Lipinski definition) is 1. The fourth-order valence-corrected chi connectivity index (χ4v) is 2.45. The maximum Gasteiger partial charge on any atom is 0.151 e. The van der Waals surface area contributed by atoms with Crippen LogP contribution in [0.2, 0.25) is 0 Å². The van der Waals surface area contributed by atoms with Crippen molar-refractivity contribution < 1.29 is 13.2 Å². The van der Waals surface area contributed by atoms with Gasteiger partial charge in [-0.25, -0.2) is 8.42 Å². The van der Waals surface area contributed by atoms with Gasteiger partial charge in [0, 0.05) is 28.5 Å². The van der Waals surface area contributed by atoms with Gasteiger partial charge >= 0.3 is 0 Å². The van der Waals surface area contributed by atoms with Crippen LogP contribution in [0.5, 0.6) is 5.75 Å². The molecule has 0 amide bonds. The van der Waals surface area contributed by atoms with Gasteiger partial charge < -0.3 is 10.1 Å². The minimum Gasteiger partial charge on any atom is -0.497 e. The van der Waals surface area contributed by atoms with E-state index in [1.807, 2.05) is 18.2 Å². The molecule has 0 aromatic heterocycles. The lowest BCUT2D eigenvalue weighted by Crippen LogP contribution is -2.17. The standard InChI is InChI=1S/C11H16BrNO3S/c1-3-17(14,15)5-4-13-10-6-9(12)7-11(8-10)16-2/h6-8,13H,3-5H2,1-2H3. The summed E-state index contributed by atoms with van der Waals surface area (Å²) < 4.78 is 28.6. The molecule has 1 aromatic carbocycles. The summed E-state index contributed by atoms with van der Waals surface area (Å²) in [5, 5.41) is 3.06. The molecule has 4 nitrogen and oxygen atoms in total. The number of benzene rings is 1. The van der Waals surface area contributed by atoms with Crippen molar-refractivity contribution in [3.05, 3.63) is 22.7 Å². The second kappa shape index (κ2) is 6.26. The lowest BCUT2D eigenvalue weighted by molar-refractivity contribution is 0.414. The molecule has 0 atom stereocenters. The number of ether oxygens (including phenoxy) is 1. The largest absolute Gasteiger partial charge is 0.497 e. The van der Waals surface area contributed by atoms with E-state index in [9.17, 15) is 8.42 Å². The minimum absolute atomic E-state index is 0.137. The summed E-state index contributed by atoms with van der Waals surface area (Å²) in [5.41, 5.74) is 0.836. The van der Waals surface area contributed by atoms with Crippen LogP contribution >= 0.6 is 15.9 Å². The van der Waals surface area contributed by atoms with Gasteiger partial charge in [0.2, 0.25) is 0 Å². The Morgan fingerprint density at radius 3 is 2.65 bits per heavy atom. The quantitative estimate of drug-likeness (QED) is 0.873. The minimum atomic E-state index is -2.92. The molecule has 0 bridgehead atoms. The third-order valence-corrected chi connectivity index (χ3v) is 4.45. The molecule has 17 heavy (non-hydrogen) atoms. The van der Waals surface area contributed by atoms with Crippen LogP contribution < -0.4 is 10.1 Å². The number of sulfone groups is 1. The Morgan fingerprint density at radius 2 is 2.06 bits per heavy atom. The van der Waals surface area contributed by atoms with Gasteiger partial charge in [-0.15, -0.1) is 0 Å². The van der Waals surface area contributed by atoms with Gasteiger partial charge in [0.1, 0.15) is 5.75 Å². The molecule has 0 saturated heterocycles. The highest BCUT2D eigenvalue weighted by Gasteiger charge is 2.06. The highest BCUT2D eigenvalue weighted by Crippen LogP contribution is 2.24. The fraction of sp³-hybridized carbons (Fsp3) is 0.455. The van der Waals surface area contributed by atoms with Crippen LogP contribution in [0.15, 0.2) is 22.7 Å². The summed E-state index contributed by atoms with van der Waals surface area (Å²) in [4.78, 5) is 0. The molecule has 6 heteroatoms. The molecule has 1 rings (SSSR count). The molecule has 0 aliphatic rings. The van der Waals surface area contributed by atoms with Gasteiger partial charge in [0.05, 0.1) is 12.9 Å². The van der Waals surface area contributed by atoms with Gasteiger partial charge in [-0.2, -0.15) is 0 Å². The SMILES string of the molecule is CCS(=O)(=O)CCNc1cc(Br)cc(OC)c1. The second-order valence-electron chi connectivity index (χ2n) is 3.54. The maximum absolute atomic E-state index is 11.3. The molecule has 0 heterocycles. The van der Waals surface area contributed by atoms with Gasteiger partial charge in [-0.05, 0) is 12.1 Å². The van der Waals surface area contributed by atoms with Crippen LogP contribution in [0.1, 0.15) is 6.92 Å². The van der Waals surface area contributed by atoms with Crippen LogP contribution in [-0.4, -0.2) is 33.6 Å². The first kappa shape index (κ1) is 14.3. The Labute approximate surface area is 110 Å². The summed E-state index contributed by atoms with van der Waals surface area (Å²) in [6, 6.07) is 5.54. The Bertz CT molecular complexity index is 474. The van der Waals surface area contributed by atoms with Crippen LogP contribution in [0.25, 0.3) is 0 Å². The Hall–Kier alpha value is -0.750. The van der Waals surface area contributed by atoms with E-state index in [1.165, 1.54) is 0 Å². The topological polar surface area (TPSA) is 55.4 Å². The van der Waals surface area contributed by atoms with Crippen LogP contribution in [0.3, 0.4) is 0 Å². The molecule has 0 spiro atoms. The van der Waals surface area contributed by atoms with E-state index in [2.05, 4.69) is 21.2 Å². The Balaban J connectivity index is 2.61. The Morgan fingerprint density at radius 1 is 1.35 bits per heavy atom. The van der Waals surface area contributed by atoms with E-state index >= 15 is 0 Å². The summed E-state index contributed by atoms with van der Waals surface area (Å²) >= 11 is 3.36. The maximum atomic E-state index is 11.3. The van der Waals surface area contributed by atoms with E-state index in [0.29, 0.717) is 6.54 Å². The van der Waals surface area contributed by atoms with E-state index < -0.39 is 9.84 Å². The summed E-state index contributed by atoms with van der Waals surface area (Å²) in [6.45, 7) is 2.05. The molecule has 0 radical (unpaired) electrons. The van der Waals surface area contributed by atoms with Crippen molar-refractivity contribution in [3.63, 3.8) is 0 Å². The number of methoxy groups -OCH3 is 1. The van der Waals surface area contributed by atoms with Crippen molar-refractivity contribution in [2.24, 2.45) is 0 Å². The molecule has 1 N–H and O–H groups in total. The molecule has 0 fully saturated rings. The van der Waals surface area contributed by atoms with E-state index in [0.717, 1.165) is 15.9 Å². The summed E-state index contributed by atoms with van der Waals surface area (Å²) in [6.07, 6.45) is 0.